The second-order valence-electron chi connectivity index (χ2n) is 8.45. The molecule has 0 radical (unpaired) electrons. The van der Waals surface area contributed by atoms with E-state index < -0.39 is 0 Å². The average molecular weight is 512 g/mol. The van der Waals surface area contributed by atoms with Gasteiger partial charge in [-0.05, 0) is 54.1 Å². The van der Waals surface area contributed by atoms with Crippen molar-refractivity contribution < 1.29 is 23.8 Å². The van der Waals surface area contributed by atoms with Crippen LogP contribution in [0.15, 0.2) is 84.9 Å². The van der Waals surface area contributed by atoms with Crippen LogP contribution in [0.5, 0.6) is 17.4 Å². The summed E-state index contributed by atoms with van der Waals surface area (Å²) in [7, 11) is 3.22. The van der Waals surface area contributed by atoms with Crippen molar-refractivity contribution in [3.63, 3.8) is 0 Å². The molecule has 8 heteroatoms. The van der Waals surface area contributed by atoms with Gasteiger partial charge in [0.05, 0.1) is 26.5 Å². The van der Waals surface area contributed by atoms with Crippen molar-refractivity contribution in [2.75, 3.05) is 31.5 Å². The van der Waals surface area contributed by atoms with E-state index in [1.807, 2.05) is 60.7 Å². The number of hydrogen-bond donors (Lipinski definition) is 2. The first kappa shape index (κ1) is 26.2. The average Bonchev–Trinajstić information content (AvgIpc) is 2.93. The van der Waals surface area contributed by atoms with Crippen molar-refractivity contribution in [1.29, 1.82) is 0 Å². The maximum Gasteiger partial charge on any atom is 0.255 e. The Morgan fingerprint density at radius 1 is 0.789 bits per heavy atom. The summed E-state index contributed by atoms with van der Waals surface area (Å²) in [5.41, 5.74) is 4.23. The zero-order valence-corrected chi connectivity index (χ0v) is 21.5. The van der Waals surface area contributed by atoms with E-state index in [4.69, 9.17) is 14.2 Å². The molecule has 1 heterocycles. The summed E-state index contributed by atoms with van der Waals surface area (Å²) < 4.78 is 16.6. The lowest BCUT2D eigenvalue weighted by Gasteiger charge is -2.11. The Morgan fingerprint density at radius 2 is 1.53 bits per heavy atom. The zero-order valence-electron chi connectivity index (χ0n) is 21.5. The molecule has 0 bridgehead atoms. The predicted molar refractivity (Wildman–Crippen MR) is 147 cm³/mol. The van der Waals surface area contributed by atoms with E-state index >= 15 is 0 Å². The lowest BCUT2D eigenvalue weighted by molar-refractivity contribution is -0.114. The quantitative estimate of drug-likeness (QED) is 0.288. The third-order valence-corrected chi connectivity index (χ3v) is 5.67. The number of hydrogen-bond acceptors (Lipinski definition) is 6. The first-order valence-corrected chi connectivity index (χ1v) is 12.1. The highest BCUT2D eigenvalue weighted by Gasteiger charge is 2.10. The highest BCUT2D eigenvalue weighted by molar-refractivity contribution is 6.05. The molecule has 194 valence electrons. The van der Waals surface area contributed by atoms with Gasteiger partial charge >= 0.3 is 0 Å². The van der Waals surface area contributed by atoms with Crippen LogP contribution in [0.4, 0.5) is 11.4 Å². The summed E-state index contributed by atoms with van der Waals surface area (Å²) in [6, 6.07) is 25.6. The molecular weight excluding hydrogens is 482 g/mol. The van der Waals surface area contributed by atoms with E-state index in [0.29, 0.717) is 47.3 Å². The van der Waals surface area contributed by atoms with E-state index in [9.17, 15) is 9.59 Å². The molecule has 4 aromatic rings. The zero-order chi connectivity index (χ0) is 26.9. The molecule has 3 aromatic carbocycles. The van der Waals surface area contributed by atoms with E-state index in [-0.39, 0.29) is 11.8 Å². The van der Waals surface area contributed by atoms with Crippen LogP contribution in [-0.2, 0) is 11.2 Å². The summed E-state index contributed by atoms with van der Waals surface area (Å²) in [4.78, 5) is 28.7. The highest BCUT2D eigenvalue weighted by atomic mass is 16.5. The van der Waals surface area contributed by atoms with Crippen molar-refractivity contribution in [3.05, 3.63) is 96.1 Å². The van der Waals surface area contributed by atoms with Crippen LogP contribution in [-0.4, -0.2) is 37.6 Å². The van der Waals surface area contributed by atoms with Gasteiger partial charge in [-0.25, -0.2) is 4.98 Å². The number of amides is 2. The number of rotatable bonds is 10. The molecule has 2 amide bonds. The lowest BCUT2D eigenvalue weighted by Crippen LogP contribution is -2.13. The summed E-state index contributed by atoms with van der Waals surface area (Å²) in [6.07, 6.45) is 0.677. The Morgan fingerprint density at radius 3 is 2.29 bits per heavy atom. The highest BCUT2D eigenvalue weighted by Crippen LogP contribution is 2.28. The fraction of sp³-hybridized carbons (Fsp3) is 0.167. The van der Waals surface area contributed by atoms with Crippen molar-refractivity contribution in [1.82, 2.24) is 4.98 Å². The third kappa shape index (κ3) is 6.88. The van der Waals surface area contributed by atoms with Gasteiger partial charge in [0.15, 0.2) is 11.5 Å². The largest absolute Gasteiger partial charge is 0.493 e. The number of anilines is 2. The van der Waals surface area contributed by atoms with Gasteiger partial charge in [-0.2, -0.15) is 0 Å². The first-order chi connectivity index (χ1) is 18.4. The third-order valence-electron chi connectivity index (χ3n) is 5.67. The predicted octanol–water partition coefficient (Wildman–Crippen LogP) is 5.60. The molecule has 0 aliphatic heterocycles. The number of nitrogens with zero attached hydrogens (tertiary/aromatic N) is 1. The van der Waals surface area contributed by atoms with Crippen molar-refractivity contribution >= 4 is 23.2 Å². The normalized spacial score (nSPS) is 10.4. The van der Waals surface area contributed by atoms with Crippen LogP contribution < -0.4 is 24.8 Å². The van der Waals surface area contributed by atoms with Crippen molar-refractivity contribution in [2.45, 2.75) is 13.3 Å². The van der Waals surface area contributed by atoms with Crippen molar-refractivity contribution in [2.24, 2.45) is 0 Å². The Bertz CT molecular complexity index is 1440. The molecule has 2 N–H and O–H groups in total. The summed E-state index contributed by atoms with van der Waals surface area (Å²) in [6.45, 7) is 1.87. The van der Waals surface area contributed by atoms with Crippen LogP contribution in [0.25, 0.3) is 11.3 Å². The molecule has 0 fully saturated rings. The molecule has 4 rings (SSSR count). The van der Waals surface area contributed by atoms with Gasteiger partial charge in [-0.15, -0.1) is 0 Å². The van der Waals surface area contributed by atoms with Crippen LogP contribution in [0.2, 0.25) is 0 Å². The maximum absolute atomic E-state index is 12.8. The van der Waals surface area contributed by atoms with Crippen LogP contribution in [0.1, 0.15) is 22.8 Å². The van der Waals surface area contributed by atoms with E-state index in [0.717, 1.165) is 16.8 Å². The van der Waals surface area contributed by atoms with Gasteiger partial charge in [0, 0.05) is 41.9 Å². The SMILES string of the molecule is COc1ccc(CCOc2cccc(-c3cccc(NC(=O)c4cccc(NC(C)=O)c4)c3)n2)cc1OC. The Labute approximate surface area is 221 Å². The molecule has 0 unspecified atom stereocenters. The van der Waals surface area contributed by atoms with E-state index in [2.05, 4.69) is 15.6 Å². The molecule has 8 nitrogen and oxygen atoms in total. The number of aromatic nitrogens is 1. The number of benzene rings is 3. The van der Waals surface area contributed by atoms with Gasteiger partial charge in [0.1, 0.15) is 0 Å². The minimum atomic E-state index is -0.283. The molecule has 0 saturated carbocycles. The molecule has 0 atom stereocenters. The standard InChI is InChI=1S/C30H29N3O5/c1-20(34)31-24-9-5-8-23(19-24)30(35)32-25-10-4-7-22(18-25)26-11-6-12-29(33-26)38-16-15-21-13-14-27(36-2)28(17-21)37-3/h4-14,17-19H,15-16H2,1-3H3,(H,31,34)(H,32,35). The van der Waals surface area contributed by atoms with Gasteiger partial charge in [-0.3, -0.25) is 9.59 Å². The minimum Gasteiger partial charge on any atom is -0.493 e. The van der Waals surface area contributed by atoms with Gasteiger partial charge in [-0.1, -0.05) is 30.3 Å². The number of nitrogens with one attached hydrogen (secondary N) is 2. The molecule has 0 spiro atoms. The molecule has 38 heavy (non-hydrogen) atoms. The number of ether oxygens (including phenoxy) is 3. The van der Waals surface area contributed by atoms with E-state index in [1.165, 1.54) is 6.92 Å². The Kier molecular flexibility index (Phi) is 8.56. The summed E-state index contributed by atoms with van der Waals surface area (Å²) >= 11 is 0. The molecule has 0 saturated heterocycles. The molecule has 1 aromatic heterocycles. The fourth-order valence-electron chi connectivity index (χ4n) is 3.87. The van der Waals surface area contributed by atoms with Crippen LogP contribution >= 0.6 is 0 Å². The molecule has 0 aliphatic carbocycles. The van der Waals surface area contributed by atoms with Gasteiger partial charge in [0.25, 0.3) is 5.91 Å². The minimum absolute atomic E-state index is 0.199. The lowest BCUT2D eigenvalue weighted by atomic mass is 10.1. The van der Waals surface area contributed by atoms with Crippen LogP contribution in [0, 0.1) is 0 Å². The maximum atomic E-state index is 12.8. The van der Waals surface area contributed by atoms with E-state index in [1.54, 1.807) is 38.5 Å². The number of pyridine rings is 1. The first-order valence-electron chi connectivity index (χ1n) is 12.1. The number of carbonyl (C=O) groups is 2. The fourth-order valence-corrected chi connectivity index (χ4v) is 3.87. The van der Waals surface area contributed by atoms with Gasteiger partial charge < -0.3 is 24.8 Å². The summed E-state index contributed by atoms with van der Waals surface area (Å²) in [5.74, 6) is 1.39. The number of methoxy groups -OCH3 is 2. The molecule has 0 aliphatic rings. The second kappa shape index (κ2) is 12.4. The number of carbonyl (C=O) groups excluding carboxylic acids is 2. The van der Waals surface area contributed by atoms with Crippen molar-refractivity contribution in [3.8, 4) is 28.6 Å². The van der Waals surface area contributed by atoms with Gasteiger partial charge in [0.2, 0.25) is 11.8 Å². The monoisotopic (exact) mass is 511 g/mol. The smallest absolute Gasteiger partial charge is 0.255 e. The van der Waals surface area contributed by atoms with Crippen LogP contribution in [0.3, 0.4) is 0 Å². The summed E-state index contributed by atoms with van der Waals surface area (Å²) in [5, 5.41) is 5.59. The Hall–Kier alpha value is -4.85. The topological polar surface area (TPSA) is 98.8 Å². The Balaban J connectivity index is 1.40. The molecular formula is C30H29N3O5. The second-order valence-corrected chi connectivity index (χ2v) is 8.45.